The molecule has 0 saturated carbocycles. The molecule has 1 aromatic heterocycles. The summed E-state index contributed by atoms with van der Waals surface area (Å²) in [6, 6.07) is 9.10. The highest BCUT2D eigenvalue weighted by molar-refractivity contribution is 6.02. The van der Waals surface area contributed by atoms with E-state index in [0.717, 1.165) is 37.3 Å². The zero-order valence-electron chi connectivity index (χ0n) is 14.2. The summed E-state index contributed by atoms with van der Waals surface area (Å²) in [6.45, 7) is 2.19. The number of fused-ring (bicyclic) bond motifs is 1. The van der Waals surface area contributed by atoms with E-state index in [4.69, 9.17) is 0 Å². The number of hydrogen-bond acceptors (Lipinski definition) is 4. The van der Waals surface area contributed by atoms with Crippen LogP contribution in [0.1, 0.15) is 34.8 Å². The molecule has 2 N–H and O–H groups in total. The average Bonchev–Trinajstić information content (AvgIpc) is 3.06. The molecule has 0 aliphatic carbocycles. The van der Waals surface area contributed by atoms with Gasteiger partial charge in [-0.15, -0.1) is 0 Å². The van der Waals surface area contributed by atoms with E-state index in [1.54, 1.807) is 18.3 Å². The summed E-state index contributed by atoms with van der Waals surface area (Å²) in [5, 5.41) is 2.81. The SMILES string of the molecule is CN1CCC(c2cnc3ccc(C(=O)Nc4ccccn4)[nH]c2-3)CC1. The Morgan fingerprint density at radius 2 is 2.04 bits per heavy atom. The van der Waals surface area contributed by atoms with E-state index in [1.807, 2.05) is 24.4 Å². The van der Waals surface area contributed by atoms with Crippen LogP contribution in [0.4, 0.5) is 5.82 Å². The van der Waals surface area contributed by atoms with E-state index in [-0.39, 0.29) is 5.91 Å². The van der Waals surface area contributed by atoms with Gasteiger partial charge in [0.25, 0.3) is 5.91 Å². The third kappa shape index (κ3) is 3.25. The Morgan fingerprint density at radius 3 is 2.80 bits per heavy atom. The first-order chi connectivity index (χ1) is 12.2. The maximum absolute atomic E-state index is 12.5. The second-order valence-corrected chi connectivity index (χ2v) is 6.59. The van der Waals surface area contributed by atoms with Crippen LogP contribution in [-0.4, -0.2) is 45.9 Å². The molecule has 1 fully saturated rings. The summed E-state index contributed by atoms with van der Waals surface area (Å²) in [7, 11) is 2.16. The number of aromatic nitrogens is 3. The molecule has 0 atom stereocenters. The van der Waals surface area contributed by atoms with Crippen LogP contribution < -0.4 is 5.32 Å². The molecule has 1 amide bonds. The van der Waals surface area contributed by atoms with E-state index in [1.165, 1.54) is 5.56 Å². The highest BCUT2D eigenvalue weighted by atomic mass is 16.1. The minimum absolute atomic E-state index is 0.198. The molecular formula is C19H21N5O. The molecule has 1 saturated heterocycles. The number of likely N-dealkylation sites (tertiary alicyclic amines) is 1. The van der Waals surface area contributed by atoms with Crippen molar-refractivity contribution in [2.24, 2.45) is 0 Å². The van der Waals surface area contributed by atoms with Gasteiger partial charge < -0.3 is 15.2 Å². The molecule has 128 valence electrons. The summed E-state index contributed by atoms with van der Waals surface area (Å²) >= 11 is 0. The minimum atomic E-state index is -0.198. The van der Waals surface area contributed by atoms with Gasteiger partial charge in [-0.3, -0.25) is 9.78 Å². The predicted octanol–water partition coefficient (Wildman–Crippen LogP) is 2.97. The summed E-state index contributed by atoms with van der Waals surface area (Å²) in [6.07, 6.45) is 5.85. The second-order valence-electron chi connectivity index (χ2n) is 6.59. The van der Waals surface area contributed by atoms with Crippen molar-refractivity contribution in [2.45, 2.75) is 18.8 Å². The molecule has 1 aromatic rings. The number of hydrogen-bond donors (Lipinski definition) is 2. The molecule has 0 aromatic carbocycles. The average molecular weight is 335 g/mol. The molecule has 0 bridgehead atoms. The zero-order valence-corrected chi connectivity index (χ0v) is 14.2. The lowest BCUT2D eigenvalue weighted by Crippen LogP contribution is -2.29. The Labute approximate surface area is 146 Å². The number of anilines is 1. The Kier molecular flexibility index (Phi) is 4.19. The maximum Gasteiger partial charge on any atom is 0.273 e. The molecule has 3 aliphatic rings. The van der Waals surface area contributed by atoms with E-state index in [2.05, 4.69) is 32.2 Å². The van der Waals surface area contributed by atoms with E-state index in [0.29, 0.717) is 17.4 Å². The molecule has 6 nitrogen and oxygen atoms in total. The molecule has 0 spiro atoms. The van der Waals surface area contributed by atoms with Gasteiger partial charge in [-0.2, -0.15) is 0 Å². The lowest BCUT2D eigenvalue weighted by Gasteiger charge is -2.29. The number of piperidine rings is 1. The molecule has 0 unspecified atom stereocenters. The third-order valence-corrected chi connectivity index (χ3v) is 4.86. The Bertz CT molecular complexity index is 836. The quantitative estimate of drug-likeness (QED) is 0.772. The number of carbonyl (C=O) groups is 1. The molecule has 25 heavy (non-hydrogen) atoms. The molecular weight excluding hydrogens is 314 g/mol. The fourth-order valence-corrected chi connectivity index (χ4v) is 3.40. The lowest BCUT2D eigenvalue weighted by atomic mass is 9.89. The van der Waals surface area contributed by atoms with Crippen LogP contribution in [0.25, 0.3) is 11.4 Å². The van der Waals surface area contributed by atoms with Crippen LogP contribution in [0.2, 0.25) is 0 Å². The van der Waals surface area contributed by atoms with Crippen LogP contribution in [-0.2, 0) is 0 Å². The number of rotatable bonds is 3. The van der Waals surface area contributed by atoms with Crippen molar-refractivity contribution in [1.29, 1.82) is 0 Å². The van der Waals surface area contributed by atoms with Crippen molar-refractivity contribution in [2.75, 3.05) is 25.5 Å². The first-order valence-corrected chi connectivity index (χ1v) is 8.59. The monoisotopic (exact) mass is 335 g/mol. The van der Waals surface area contributed by atoms with Crippen molar-refractivity contribution in [3.63, 3.8) is 0 Å². The molecule has 4 heterocycles. The van der Waals surface area contributed by atoms with E-state index >= 15 is 0 Å². The molecule has 3 aliphatic heterocycles. The topological polar surface area (TPSA) is 73.9 Å². The maximum atomic E-state index is 12.5. The zero-order chi connectivity index (χ0) is 17.2. The molecule has 0 radical (unpaired) electrons. The van der Waals surface area contributed by atoms with E-state index in [9.17, 15) is 4.79 Å². The predicted molar refractivity (Wildman–Crippen MR) is 96.9 cm³/mol. The Morgan fingerprint density at radius 1 is 1.20 bits per heavy atom. The van der Waals surface area contributed by atoms with Gasteiger partial charge in [-0.1, -0.05) is 6.07 Å². The van der Waals surface area contributed by atoms with Gasteiger partial charge in [-0.25, -0.2) is 4.98 Å². The van der Waals surface area contributed by atoms with Crippen LogP contribution in [0.3, 0.4) is 0 Å². The van der Waals surface area contributed by atoms with Crippen molar-refractivity contribution in [3.05, 3.63) is 54.0 Å². The highest BCUT2D eigenvalue weighted by Gasteiger charge is 2.24. The van der Waals surface area contributed by atoms with Crippen LogP contribution in [0, 0.1) is 0 Å². The van der Waals surface area contributed by atoms with Gasteiger partial charge in [0.05, 0.1) is 11.4 Å². The molecule has 4 rings (SSSR count). The van der Waals surface area contributed by atoms with Gasteiger partial charge >= 0.3 is 0 Å². The standard InChI is InChI=1S/C19H21N5O/c1-24-10-7-13(8-11-24)14-12-21-15-5-6-16(22-18(14)15)19(25)23-17-4-2-3-9-20-17/h2-6,9,12-13,22H,7-8,10-11H2,1H3,(H,20,23,25). The number of H-pyrrole nitrogens is 1. The number of nitrogens with one attached hydrogen (secondary N) is 2. The van der Waals surface area contributed by atoms with Crippen molar-refractivity contribution in [3.8, 4) is 11.4 Å². The highest BCUT2D eigenvalue weighted by Crippen LogP contribution is 2.35. The van der Waals surface area contributed by atoms with Crippen molar-refractivity contribution >= 4 is 11.7 Å². The van der Waals surface area contributed by atoms with Gasteiger partial charge in [0.15, 0.2) is 0 Å². The largest absolute Gasteiger partial charge is 0.349 e. The first kappa shape index (κ1) is 15.8. The summed E-state index contributed by atoms with van der Waals surface area (Å²) < 4.78 is 0. The van der Waals surface area contributed by atoms with Gasteiger partial charge in [0, 0.05) is 12.4 Å². The smallest absolute Gasteiger partial charge is 0.273 e. The summed E-state index contributed by atoms with van der Waals surface area (Å²) in [5.74, 6) is 0.833. The van der Waals surface area contributed by atoms with Crippen LogP contribution in [0.5, 0.6) is 0 Å². The fourth-order valence-electron chi connectivity index (χ4n) is 3.40. The Hall–Kier alpha value is -2.73. The van der Waals surface area contributed by atoms with Crippen LogP contribution >= 0.6 is 0 Å². The van der Waals surface area contributed by atoms with Crippen molar-refractivity contribution < 1.29 is 4.79 Å². The summed E-state index contributed by atoms with van der Waals surface area (Å²) in [5.41, 5.74) is 3.61. The van der Waals surface area contributed by atoms with Crippen molar-refractivity contribution in [1.82, 2.24) is 19.9 Å². The minimum Gasteiger partial charge on any atom is -0.349 e. The van der Waals surface area contributed by atoms with Crippen LogP contribution in [0.15, 0.2) is 42.7 Å². The summed E-state index contributed by atoms with van der Waals surface area (Å²) in [4.78, 5) is 26.8. The second kappa shape index (κ2) is 6.64. The first-order valence-electron chi connectivity index (χ1n) is 8.59. The Balaban J connectivity index is 1.59. The van der Waals surface area contributed by atoms with Gasteiger partial charge in [-0.05, 0) is 68.7 Å². The third-order valence-electron chi connectivity index (χ3n) is 4.86. The van der Waals surface area contributed by atoms with Gasteiger partial charge in [0.2, 0.25) is 0 Å². The number of pyridine rings is 2. The fraction of sp³-hybridized carbons (Fsp3) is 0.316. The van der Waals surface area contributed by atoms with Gasteiger partial charge in [0.1, 0.15) is 11.5 Å². The molecule has 6 heteroatoms. The number of amides is 1. The number of carbonyl (C=O) groups excluding carboxylic acids is 1. The number of aromatic amines is 1. The van der Waals surface area contributed by atoms with E-state index < -0.39 is 0 Å². The number of nitrogens with zero attached hydrogens (tertiary/aromatic N) is 3. The normalized spacial score (nSPS) is 16.2. The lowest BCUT2D eigenvalue weighted by molar-refractivity contribution is 0.102.